The minimum atomic E-state index is -1.50. The molecular formula is C25H41NO6. The van der Waals surface area contributed by atoms with Crippen LogP contribution in [0, 0.1) is 10.1 Å². The number of hydrogen-bond donors (Lipinski definition) is 2. The number of aromatic carboxylic acids is 1. The molecule has 7 heteroatoms. The number of carbonyl (C=O) groups is 1. The van der Waals surface area contributed by atoms with Crippen LogP contribution in [0.25, 0.3) is 0 Å². The fraction of sp³-hybridized carbons (Fsp3) is 0.720. The summed E-state index contributed by atoms with van der Waals surface area (Å²) in [4.78, 5) is 23.2. The molecule has 1 aromatic rings. The predicted molar refractivity (Wildman–Crippen MR) is 127 cm³/mol. The first kappa shape index (κ1) is 27.7. The summed E-state index contributed by atoms with van der Waals surface area (Å²) >= 11 is 0. The fourth-order valence-electron chi connectivity index (χ4n) is 4.05. The average Bonchev–Trinajstić information content (AvgIpc) is 2.75. The van der Waals surface area contributed by atoms with Crippen LogP contribution in [0.5, 0.6) is 11.5 Å². The average molecular weight is 452 g/mol. The van der Waals surface area contributed by atoms with E-state index in [9.17, 15) is 25.1 Å². The van der Waals surface area contributed by atoms with Gasteiger partial charge in [0.2, 0.25) is 0 Å². The number of phenols is 1. The molecule has 0 spiro atoms. The molecule has 0 aromatic heterocycles. The van der Waals surface area contributed by atoms with Gasteiger partial charge in [-0.25, -0.2) is 4.79 Å². The number of carboxylic acids is 1. The molecule has 32 heavy (non-hydrogen) atoms. The van der Waals surface area contributed by atoms with E-state index >= 15 is 0 Å². The molecule has 0 aliphatic carbocycles. The minimum Gasteiger partial charge on any atom is -0.503 e. The van der Waals surface area contributed by atoms with Crippen molar-refractivity contribution < 1.29 is 24.7 Å². The van der Waals surface area contributed by atoms with E-state index in [2.05, 4.69) is 20.8 Å². The van der Waals surface area contributed by atoms with E-state index in [1.807, 2.05) is 0 Å². The van der Waals surface area contributed by atoms with Crippen LogP contribution in [0.1, 0.15) is 119 Å². The van der Waals surface area contributed by atoms with Gasteiger partial charge < -0.3 is 14.9 Å². The highest BCUT2D eigenvalue weighted by Crippen LogP contribution is 2.45. The number of aromatic hydroxyl groups is 1. The summed E-state index contributed by atoms with van der Waals surface area (Å²) in [5, 5.41) is 32.5. The monoisotopic (exact) mass is 451 g/mol. The second kappa shape index (κ2) is 15.5. The van der Waals surface area contributed by atoms with E-state index in [4.69, 9.17) is 4.74 Å². The fourth-order valence-corrected chi connectivity index (χ4v) is 4.05. The second-order valence-electron chi connectivity index (χ2n) is 8.45. The Bertz CT molecular complexity index is 732. The number of rotatable bonds is 18. The highest BCUT2D eigenvalue weighted by molar-refractivity contribution is 5.98. The molecule has 0 unspecified atom stereocenters. The van der Waals surface area contributed by atoms with Gasteiger partial charge in [-0.2, -0.15) is 0 Å². The maximum Gasteiger partial charge on any atom is 0.346 e. The Hall–Kier alpha value is -2.31. The first-order valence-corrected chi connectivity index (χ1v) is 12.3. The van der Waals surface area contributed by atoms with E-state index in [1.54, 1.807) is 0 Å². The number of hydrogen-bond acceptors (Lipinski definition) is 5. The maximum absolute atomic E-state index is 12.0. The first-order valence-electron chi connectivity index (χ1n) is 12.3. The van der Waals surface area contributed by atoms with Crippen molar-refractivity contribution in [3.8, 4) is 11.5 Å². The zero-order valence-electron chi connectivity index (χ0n) is 20.1. The molecule has 0 aliphatic rings. The molecule has 0 aliphatic heterocycles. The number of ether oxygens (including phenoxy) is 1. The zero-order valence-corrected chi connectivity index (χ0v) is 20.1. The highest BCUT2D eigenvalue weighted by atomic mass is 16.6. The van der Waals surface area contributed by atoms with Crippen LogP contribution in [0.3, 0.4) is 0 Å². The van der Waals surface area contributed by atoms with Crippen LogP contribution in [0.2, 0.25) is 0 Å². The van der Waals surface area contributed by atoms with E-state index in [1.165, 1.54) is 0 Å². The molecule has 0 saturated heterocycles. The molecule has 0 saturated carbocycles. The lowest BCUT2D eigenvalue weighted by atomic mass is 9.91. The number of unbranched alkanes of at least 4 members (excludes halogenated alkanes) is 9. The van der Waals surface area contributed by atoms with Crippen LogP contribution in [0.15, 0.2) is 0 Å². The number of nitrogens with zero attached hydrogens (tertiary/aromatic N) is 1. The predicted octanol–water partition coefficient (Wildman–Crippen LogP) is 7.20. The third kappa shape index (κ3) is 8.32. The van der Waals surface area contributed by atoms with Gasteiger partial charge in [0.15, 0.2) is 17.1 Å². The molecular weight excluding hydrogens is 410 g/mol. The van der Waals surface area contributed by atoms with Crippen molar-refractivity contribution in [2.45, 2.75) is 111 Å². The summed E-state index contributed by atoms with van der Waals surface area (Å²) in [6, 6.07) is 0. The molecule has 0 bridgehead atoms. The SMILES string of the molecule is CCCCCCOc1c(O)c(C(=O)O)c([N+](=O)[O-])c(CCCCCC)c1CCCCCC. The van der Waals surface area contributed by atoms with Gasteiger partial charge in [0.05, 0.1) is 11.5 Å². The summed E-state index contributed by atoms with van der Waals surface area (Å²) in [6.07, 6.45) is 12.5. The largest absolute Gasteiger partial charge is 0.503 e. The lowest BCUT2D eigenvalue weighted by Crippen LogP contribution is -2.13. The Morgan fingerprint density at radius 2 is 1.34 bits per heavy atom. The Kier molecular flexibility index (Phi) is 13.4. The van der Waals surface area contributed by atoms with E-state index in [-0.39, 0.29) is 5.75 Å². The van der Waals surface area contributed by atoms with Crippen LogP contribution in [-0.2, 0) is 12.8 Å². The molecule has 1 rings (SSSR count). The third-order valence-electron chi connectivity index (χ3n) is 5.81. The molecule has 0 radical (unpaired) electrons. The van der Waals surface area contributed by atoms with Gasteiger partial charge in [0.25, 0.3) is 5.69 Å². The summed E-state index contributed by atoms with van der Waals surface area (Å²) in [5.74, 6) is -1.98. The molecule has 0 amide bonds. The molecule has 0 atom stereocenters. The van der Waals surface area contributed by atoms with Crippen molar-refractivity contribution in [2.24, 2.45) is 0 Å². The number of nitro groups is 1. The molecule has 0 heterocycles. The van der Waals surface area contributed by atoms with Crippen molar-refractivity contribution in [1.82, 2.24) is 0 Å². The lowest BCUT2D eigenvalue weighted by molar-refractivity contribution is -0.386. The summed E-state index contributed by atoms with van der Waals surface area (Å²) in [5.41, 5.74) is -0.0969. The quantitative estimate of drug-likeness (QED) is 0.139. The second-order valence-corrected chi connectivity index (χ2v) is 8.45. The van der Waals surface area contributed by atoms with E-state index in [0.29, 0.717) is 30.6 Å². The highest BCUT2D eigenvalue weighted by Gasteiger charge is 2.34. The van der Waals surface area contributed by atoms with Crippen LogP contribution < -0.4 is 4.74 Å². The van der Waals surface area contributed by atoms with E-state index in [0.717, 1.165) is 77.0 Å². The Morgan fingerprint density at radius 1 is 0.844 bits per heavy atom. The lowest BCUT2D eigenvalue weighted by Gasteiger charge is -2.19. The molecule has 0 fully saturated rings. The first-order chi connectivity index (χ1) is 15.4. The summed E-state index contributed by atoms with van der Waals surface area (Å²) in [6.45, 7) is 6.67. The van der Waals surface area contributed by atoms with Crippen LogP contribution in [-0.4, -0.2) is 27.7 Å². The Morgan fingerprint density at radius 3 is 1.81 bits per heavy atom. The van der Waals surface area contributed by atoms with Crippen molar-refractivity contribution >= 4 is 11.7 Å². The van der Waals surface area contributed by atoms with E-state index < -0.39 is 27.9 Å². The molecule has 182 valence electrons. The normalized spacial score (nSPS) is 11.0. The Balaban J connectivity index is 3.46. The van der Waals surface area contributed by atoms with Gasteiger partial charge >= 0.3 is 5.97 Å². The van der Waals surface area contributed by atoms with Gasteiger partial charge in [0, 0.05) is 11.1 Å². The van der Waals surface area contributed by atoms with Gasteiger partial charge in [-0.15, -0.1) is 0 Å². The number of nitro benzene ring substituents is 1. The Labute approximate surface area is 192 Å². The molecule has 2 N–H and O–H groups in total. The van der Waals surface area contributed by atoms with Crippen LogP contribution in [0.4, 0.5) is 5.69 Å². The van der Waals surface area contributed by atoms with Gasteiger partial charge in [-0.1, -0.05) is 78.6 Å². The smallest absolute Gasteiger partial charge is 0.346 e. The topological polar surface area (TPSA) is 110 Å². The van der Waals surface area contributed by atoms with Gasteiger partial charge in [0.1, 0.15) is 0 Å². The summed E-state index contributed by atoms with van der Waals surface area (Å²) < 4.78 is 5.93. The third-order valence-corrected chi connectivity index (χ3v) is 5.81. The van der Waals surface area contributed by atoms with Gasteiger partial charge in [-0.05, 0) is 32.1 Å². The number of benzene rings is 1. The van der Waals surface area contributed by atoms with Crippen molar-refractivity contribution in [1.29, 1.82) is 0 Å². The summed E-state index contributed by atoms with van der Waals surface area (Å²) in [7, 11) is 0. The van der Waals surface area contributed by atoms with Gasteiger partial charge in [-0.3, -0.25) is 10.1 Å². The zero-order chi connectivity index (χ0) is 23.9. The number of carboxylic acid groups (broad SMARTS) is 1. The van der Waals surface area contributed by atoms with Crippen LogP contribution >= 0.6 is 0 Å². The minimum absolute atomic E-state index is 0.131. The van der Waals surface area contributed by atoms with Crippen molar-refractivity contribution in [3.63, 3.8) is 0 Å². The molecule has 1 aromatic carbocycles. The molecule has 7 nitrogen and oxygen atoms in total. The van der Waals surface area contributed by atoms with Crippen molar-refractivity contribution in [2.75, 3.05) is 6.61 Å². The standard InChI is InChI=1S/C25H41NO6/c1-4-7-10-13-16-19-20(17-14-11-8-5-2)24(32-18-15-12-9-6-3)23(27)21(25(28)29)22(19)26(30)31/h27H,4-18H2,1-3H3,(H,28,29). The maximum atomic E-state index is 12.0. The van der Waals surface area contributed by atoms with Crippen molar-refractivity contribution in [3.05, 3.63) is 26.8 Å².